The number of hydrogen-bond acceptors (Lipinski definition) is 4. The van der Waals surface area contributed by atoms with E-state index in [2.05, 4.69) is 6.58 Å². The van der Waals surface area contributed by atoms with E-state index >= 15 is 0 Å². The van der Waals surface area contributed by atoms with Gasteiger partial charge in [-0.15, -0.1) is 0 Å². The lowest BCUT2D eigenvalue weighted by Crippen LogP contribution is -2.64. The lowest BCUT2D eigenvalue weighted by Gasteiger charge is -2.54. The number of rotatable bonds is 2. The van der Waals surface area contributed by atoms with Crippen LogP contribution in [0.5, 0.6) is 0 Å². The molecular formula is C17H26O4. The molecule has 6 unspecified atom stereocenters. The molecule has 118 valence electrons. The fourth-order valence-electron chi connectivity index (χ4n) is 3.99. The summed E-state index contributed by atoms with van der Waals surface area (Å²) in [5, 5.41) is 21.9. The van der Waals surface area contributed by atoms with Gasteiger partial charge < -0.3 is 14.9 Å². The van der Waals surface area contributed by atoms with E-state index in [1.54, 1.807) is 0 Å². The minimum absolute atomic E-state index is 0.0597. The minimum atomic E-state index is -1.28. The Labute approximate surface area is 126 Å². The smallest absolute Gasteiger partial charge is 0.303 e. The molecule has 0 radical (unpaired) electrons. The molecule has 2 rings (SSSR count). The van der Waals surface area contributed by atoms with Crippen molar-refractivity contribution in [1.29, 1.82) is 0 Å². The zero-order valence-corrected chi connectivity index (χ0v) is 13.3. The standard InChI is InChI=1S/C17H26O4/c1-9(2)13-7-6-11(4)17(20)14(13)8-10(3)15(16(17)19)21-12(5)18/h8,11,13-16,19-20H,1,6-7H2,2-5H3. The van der Waals surface area contributed by atoms with E-state index in [1.807, 2.05) is 26.8 Å². The summed E-state index contributed by atoms with van der Waals surface area (Å²) in [6.45, 7) is 11.1. The number of esters is 1. The van der Waals surface area contributed by atoms with Gasteiger partial charge in [-0.25, -0.2) is 0 Å². The number of ether oxygens (including phenoxy) is 1. The molecule has 0 saturated heterocycles. The van der Waals surface area contributed by atoms with Crippen LogP contribution in [0, 0.1) is 17.8 Å². The first-order valence-electron chi connectivity index (χ1n) is 7.61. The summed E-state index contributed by atoms with van der Waals surface area (Å²) < 4.78 is 5.23. The fraction of sp³-hybridized carbons (Fsp3) is 0.706. The van der Waals surface area contributed by atoms with Gasteiger partial charge in [-0.2, -0.15) is 0 Å². The summed E-state index contributed by atoms with van der Waals surface area (Å²) in [5.74, 6) is -0.543. The Kier molecular flexibility index (Phi) is 4.31. The lowest BCUT2D eigenvalue weighted by molar-refractivity contribution is -0.203. The van der Waals surface area contributed by atoms with Crippen LogP contribution in [0.1, 0.15) is 40.5 Å². The zero-order valence-electron chi connectivity index (χ0n) is 13.3. The van der Waals surface area contributed by atoms with E-state index in [0.29, 0.717) is 0 Å². The number of carbonyl (C=O) groups excluding carboxylic acids is 1. The van der Waals surface area contributed by atoms with Gasteiger partial charge in [0, 0.05) is 12.8 Å². The molecule has 0 spiro atoms. The van der Waals surface area contributed by atoms with Crippen LogP contribution in [0.25, 0.3) is 0 Å². The van der Waals surface area contributed by atoms with Crippen molar-refractivity contribution in [2.45, 2.75) is 58.3 Å². The summed E-state index contributed by atoms with van der Waals surface area (Å²) in [7, 11) is 0. The predicted octanol–water partition coefficient (Wildman–Crippen LogP) is 2.21. The molecule has 4 heteroatoms. The van der Waals surface area contributed by atoms with Crippen molar-refractivity contribution in [3.05, 3.63) is 23.8 Å². The van der Waals surface area contributed by atoms with Gasteiger partial charge in [-0.1, -0.05) is 25.2 Å². The van der Waals surface area contributed by atoms with Gasteiger partial charge in [-0.3, -0.25) is 4.79 Å². The van der Waals surface area contributed by atoms with Crippen LogP contribution in [0.4, 0.5) is 0 Å². The van der Waals surface area contributed by atoms with Crippen molar-refractivity contribution in [3.8, 4) is 0 Å². The van der Waals surface area contributed by atoms with E-state index < -0.39 is 23.8 Å². The Morgan fingerprint density at radius 3 is 2.57 bits per heavy atom. The molecule has 1 fully saturated rings. The highest BCUT2D eigenvalue weighted by atomic mass is 16.6. The van der Waals surface area contributed by atoms with E-state index in [0.717, 1.165) is 24.0 Å². The summed E-state index contributed by atoms with van der Waals surface area (Å²) in [6, 6.07) is 0. The van der Waals surface area contributed by atoms with Gasteiger partial charge in [0.05, 0.1) is 0 Å². The van der Waals surface area contributed by atoms with E-state index in [-0.39, 0.29) is 17.8 Å². The normalized spacial score (nSPS) is 42.8. The Hall–Kier alpha value is -1.13. The third-order valence-electron chi connectivity index (χ3n) is 5.25. The monoisotopic (exact) mass is 294 g/mol. The molecule has 21 heavy (non-hydrogen) atoms. The second-order valence-corrected chi connectivity index (χ2v) is 6.73. The summed E-state index contributed by atoms with van der Waals surface area (Å²) in [6.07, 6.45) is 1.87. The highest BCUT2D eigenvalue weighted by Crippen LogP contribution is 2.50. The topological polar surface area (TPSA) is 66.8 Å². The molecule has 0 heterocycles. The SMILES string of the molecule is C=C(C)C1CCC(C)C2(O)C(O)C(OC(C)=O)C(C)=CC12. The number of fused-ring (bicyclic) bond motifs is 1. The molecule has 0 aliphatic heterocycles. The summed E-state index contributed by atoms with van der Waals surface area (Å²) in [4.78, 5) is 11.3. The van der Waals surface area contributed by atoms with Gasteiger partial charge in [0.15, 0.2) is 6.10 Å². The molecule has 0 aromatic rings. The van der Waals surface area contributed by atoms with Crippen LogP contribution < -0.4 is 0 Å². The third-order valence-corrected chi connectivity index (χ3v) is 5.25. The van der Waals surface area contributed by atoms with Crippen molar-refractivity contribution in [2.24, 2.45) is 17.8 Å². The summed E-state index contributed by atoms with van der Waals surface area (Å²) >= 11 is 0. The molecule has 0 amide bonds. The highest BCUT2D eigenvalue weighted by molar-refractivity contribution is 5.66. The van der Waals surface area contributed by atoms with Gasteiger partial charge >= 0.3 is 5.97 Å². The van der Waals surface area contributed by atoms with Crippen LogP contribution >= 0.6 is 0 Å². The van der Waals surface area contributed by atoms with Gasteiger partial charge in [0.25, 0.3) is 0 Å². The van der Waals surface area contributed by atoms with Crippen molar-refractivity contribution in [2.75, 3.05) is 0 Å². The van der Waals surface area contributed by atoms with Crippen LogP contribution in [-0.4, -0.2) is 34.0 Å². The van der Waals surface area contributed by atoms with Gasteiger partial charge in [-0.05, 0) is 44.1 Å². The maximum absolute atomic E-state index is 11.3. The highest BCUT2D eigenvalue weighted by Gasteiger charge is 2.57. The average Bonchev–Trinajstić information content (AvgIpc) is 2.38. The van der Waals surface area contributed by atoms with E-state index in [1.165, 1.54) is 6.92 Å². The molecule has 2 aliphatic rings. The second-order valence-electron chi connectivity index (χ2n) is 6.73. The fourth-order valence-corrected chi connectivity index (χ4v) is 3.99. The maximum atomic E-state index is 11.3. The van der Waals surface area contributed by atoms with Crippen molar-refractivity contribution in [3.63, 3.8) is 0 Å². The first-order chi connectivity index (χ1) is 9.69. The van der Waals surface area contributed by atoms with Crippen LogP contribution in [0.3, 0.4) is 0 Å². The molecule has 4 nitrogen and oxygen atoms in total. The van der Waals surface area contributed by atoms with Crippen LogP contribution in [0.15, 0.2) is 23.8 Å². The largest absolute Gasteiger partial charge is 0.455 e. The van der Waals surface area contributed by atoms with Crippen LogP contribution in [-0.2, 0) is 9.53 Å². The average molecular weight is 294 g/mol. The molecule has 2 N–H and O–H groups in total. The molecule has 0 bridgehead atoms. The van der Waals surface area contributed by atoms with Gasteiger partial charge in [0.1, 0.15) is 11.7 Å². The Bertz CT molecular complexity index is 481. The third kappa shape index (κ3) is 2.55. The number of aliphatic hydroxyl groups excluding tert-OH is 1. The molecule has 2 aliphatic carbocycles. The molecule has 0 aromatic heterocycles. The first-order valence-corrected chi connectivity index (χ1v) is 7.61. The number of hydrogen-bond donors (Lipinski definition) is 2. The van der Waals surface area contributed by atoms with E-state index in [4.69, 9.17) is 4.74 Å². The Morgan fingerprint density at radius 2 is 2.05 bits per heavy atom. The quantitative estimate of drug-likeness (QED) is 0.605. The van der Waals surface area contributed by atoms with Crippen molar-refractivity contribution < 1.29 is 19.7 Å². The minimum Gasteiger partial charge on any atom is -0.455 e. The number of allylic oxidation sites excluding steroid dienone is 1. The lowest BCUT2D eigenvalue weighted by atomic mass is 9.57. The van der Waals surface area contributed by atoms with Crippen LogP contribution in [0.2, 0.25) is 0 Å². The Morgan fingerprint density at radius 1 is 1.43 bits per heavy atom. The number of aliphatic hydroxyl groups is 2. The molecule has 0 aromatic carbocycles. The zero-order chi connectivity index (χ0) is 15.9. The van der Waals surface area contributed by atoms with Crippen molar-refractivity contribution in [1.82, 2.24) is 0 Å². The Balaban J connectivity index is 2.46. The van der Waals surface area contributed by atoms with Crippen molar-refractivity contribution >= 4 is 5.97 Å². The van der Waals surface area contributed by atoms with Gasteiger partial charge in [0.2, 0.25) is 0 Å². The van der Waals surface area contributed by atoms with E-state index in [9.17, 15) is 15.0 Å². The molecule has 6 atom stereocenters. The summed E-state index contributed by atoms with van der Waals surface area (Å²) in [5.41, 5.74) is 0.543. The number of carbonyl (C=O) groups is 1. The maximum Gasteiger partial charge on any atom is 0.303 e. The molecular weight excluding hydrogens is 268 g/mol. The predicted molar refractivity (Wildman–Crippen MR) is 80.5 cm³/mol. The second kappa shape index (κ2) is 5.58. The first kappa shape index (κ1) is 16.2. The molecule has 1 saturated carbocycles.